The number of amides is 1. The van der Waals surface area contributed by atoms with E-state index in [1.54, 1.807) is 55.5 Å². The first-order valence-electron chi connectivity index (χ1n) is 12.6. The Morgan fingerprint density at radius 1 is 0.875 bits per heavy atom. The molecule has 0 spiro atoms. The SMILES string of the molecule is Cc1ccc(S(=O)(=O)NC(Cc2ccccc2)c2nc3ccc(NC(=O)c4ccccc4)c(C)c3c(=O)o2)cc1. The van der Waals surface area contributed by atoms with Crippen LogP contribution in [0, 0.1) is 13.8 Å². The van der Waals surface area contributed by atoms with Gasteiger partial charge in [-0.25, -0.2) is 18.2 Å². The minimum atomic E-state index is -3.96. The number of sulfonamides is 1. The van der Waals surface area contributed by atoms with Crippen LogP contribution in [-0.4, -0.2) is 19.3 Å². The van der Waals surface area contributed by atoms with Gasteiger partial charge in [-0.1, -0.05) is 66.2 Å². The van der Waals surface area contributed by atoms with Crippen molar-refractivity contribution in [3.8, 4) is 0 Å². The molecule has 0 saturated carbocycles. The molecule has 1 unspecified atom stereocenters. The van der Waals surface area contributed by atoms with Crippen molar-refractivity contribution in [2.45, 2.75) is 31.2 Å². The molecule has 4 aromatic carbocycles. The minimum Gasteiger partial charge on any atom is -0.406 e. The van der Waals surface area contributed by atoms with Gasteiger partial charge < -0.3 is 9.73 Å². The first kappa shape index (κ1) is 27.0. The van der Waals surface area contributed by atoms with E-state index in [0.29, 0.717) is 22.3 Å². The molecular formula is C31H27N3O5S. The van der Waals surface area contributed by atoms with E-state index >= 15 is 0 Å². The monoisotopic (exact) mass is 553 g/mol. The lowest BCUT2D eigenvalue weighted by atomic mass is 10.1. The van der Waals surface area contributed by atoms with Gasteiger partial charge in [0.1, 0.15) is 6.04 Å². The maximum Gasteiger partial charge on any atom is 0.347 e. The van der Waals surface area contributed by atoms with Crippen molar-refractivity contribution in [2.75, 3.05) is 5.32 Å². The molecule has 8 nitrogen and oxygen atoms in total. The third kappa shape index (κ3) is 5.85. The van der Waals surface area contributed by atoms with Crippen molar-refractivity contribution in [3.63, 3.8) is 0 Å². The molecular weight excluding hydrogens is 526 g/mol. The molecule has 1 aromatic heterocycles. The number of benzene rings is 4. The highest BCUT2D eigenvalue weighted by molar-refractivity contribution is 7.89. The molecule has 0 bridgehead atoms. The maximum atomic E-state index is 13.3. The van der Waals surface area contributed by atoms with Gasteiger partial charge in [0.15, 0.2) is 0 Å². The fraction of sp³-hybridized carbons (Fsp3) is 0.129. The number of aromatic nitrogens is 1. The summed E-state index contributed by atoms with van der Waals surface area (Å²) in [6.07, 6.45) is 0.206. The van der Waals surface area contributed by atoms with E-state index in [1.165, 1.54) is 12.1 Å². The summed E-state index contributed by atoms with van der Waals surface area (Å²) in [5, 5.41) is 3.03. The molecule has 1 amide bonds. The van der Waals surface area contributed by atoms with Crippen molar-refractivity contribution >= 4 is 32.5 Å². The lowest BCUT2D eigenvalue weighted by Gasteiger charge is -2.18. The second kappa shape index (κ2) is 11.3. The zero-order chi connectivity index (χ0) is 28.3. The van der Waals surface area contributed by atoms with Crippen LogP contribution in [-0.2, 0) is 16.4 Å². The van der Waals surface area contributed by atoms with Crippen LogP contribution in [0.1, 0.15) is 39.0 Å². The van der Waals surface area contributed by atoms with Crippen LogP contribution in [0.4, 0.5) is 5.69 Å². The normalized spacial score (nSPS) is 12.2. The van der Waals surface area contributed by atoms with Gasteiger partial charge in [0, 0.05) is 11.3 Å². The number of fused-ring (bicyclic) bond motifs is 1. The summed E-state index contributed by atoms with van der Waals surface area (Å²) in [5.74, 6) is -0.372. The van der Waals surface area contributed by atoms with Gasteiger partial charge in [-0.2, -0.15) is 4.72 Å². The summed E-state index contributed by atoms with van der Waals surface area (Å²) in [6.45, 7) is 3.57. The Kier molecular flexibility index (Phi) is 7.59. The van der Waals surface area contributed by atoms with Crippen LogP contribution in [0.2, 0.25) is 0 Å². The standard InChI is InChI=1S/C31H27N3O5S/c1-20-13-15-24(16-14-20)40(37,38)34-27(19-22-9-5-3-6-10-22)30-33-26-18-17-25(21(2)28(26)31(36)39-30)32-29(35)23-11-7-4-8-12-23/h3-18,27,34H,19H2,1-2H3,(H,32,35). The number of hydrogen-bond acceptors (Lipinski definition) is 6. The predicted octanol–water partition coefficient (Wildman–Crippen LogP) is 5.32. The van der Waals surface area contributed by atoms with Crippen LogP contribution >= 0.6 is 0 Å². The van der Waals surface area contributed by atoms with Crippen molar-refractivity contribution < 1.29 is 17.6 Å². The number of carbonyl (C=O) groups excluding carboxylic acids is 1. The van der Waals surface area contributed by atoms with Crippen LogP contribution in [0.5, 0.6) is 0 Å². The van der Waals surface area contributed by atoms with Gasteiger partial charge in [0.2, 0.25) is 15.9 Å². The number of aryl methyl sites for hydroxylation is 2. The molecule has 202 valence electrons. The number of anilines is 1. The lowest BCUT2D eigenvalue weighted by molar-refractivity contribution is 0.102. The molecule has 0 saturated heterocycles. The van der Waals surface area contributed by atoms with Gasteiger partial charge in [-0.05, 0) is 67.8 Å². The Bertz CT molecular complexity index is 1840. The third-order valence-electron chi connectivity index (χ3n) is 6.57. The zero-order valence-corrected chi connectivity index (χ0v) is 22.7. The Morgan fingerprint density at radius 2 is 1.52 bits per heavy atom. The number of hydrogen-bond donors (Lipinski definition) is 2. The quantitative estimate of drug-likeness (QED) is 0.269. The van der Waals surface area contributed by atoms with Crippen molar-refractivity contribution in [1.29, 1.82) is 0 Å². The lowest BCUT2D eigenvalue weighted by Crippen LogP contribution is -2.31. The molecule has 0 aliphatic carbocycles. The zero-order valence-electron chi connectivity index (χ0n) is 21.9. The number of rotatable bonds is 8. The highest BCUT2D eigenvalue weighted by Gasteiger charge is 2.26. The van der Waals surface area contributed by atoms with E-state index in [4.69, 9.17) is 4.42 Å². The van der Waals surface area contributed by atoms with Gasteiger partial charge >= 0.3 is 5.63 Å². The second-order valence-electron chi connectivity index (χ2n) is 9.47. The van der Waals surface area contributed by atoms with E-state index in [-0.39, 0.29) is 28.5 Å². The topological polar surface area (TPSA) is 118 Å². The first-order chi connectivity index (χ1) is 19.2. The Balaban J connectivity index is 1.52. The minimum absolute atomic E-state index is 0.0579. The van der Waals surface area contributed by atoms with Crippen molar-refractivity contribution in [1.82, 2.24) is 9.71 Å². The Labute approximate surface area is 231 Å². The van der Waals surface area contributed by atoms with E-state index in [1.807, 2.05) is 43.3 Å². The smallest absolute Gasteiger partial charge is 0.347 e. The molecule has 1 heterocycles. The third-order valence-corrected chi connectivity index (χ3v) is 8.06. The van der Waals surface area contributed by atoms with E-state index in [2.05, 4.69) is 15.0 Å². The molecule has 0 aliphatic rings. The van der Waals surface area contributed by atoms with Gasteiger partial charge in [0.05, 0.1) is 15.8 Å². The molecule has 0 radical (unpaired) electrons. The summed E-state index contributed by atoms with van der Waals surface area (Å²) >= 11 is 0. The van der Waals surface area contributed by atoms with Crippen molar-refractivity contribution in [3.05, 3.63) is 136 Å². The largest absolute Gasteiger partial charge is 0.406 e. The summed E-state index contributed by atoms with van der Waals surface area (Å²) in [4.78, 5) is 30.6. The van der Waals surface area contributed by atoms with Crippen LogP contribution in [0.25, 0.3) is 10.9 Å². The fourth-order valence-electron chi connectivity index (χ4n) is 4.41. The Morgan fingerprint density at radius 3 is 2.20 bits per heavy atom. The van der Waals surface area contributed by atoms with Gasteiger partial charge in [-0.15, -0.1) is 0 Å². The average molecular weight is 554 g/mol. The molecule has 9 heteroatoms. The molecule has 0 fully saturated rings. The van der Waals surface area contributed by atoms with Crippen LogP contribution < -0.4 is 15.7 Å². The molecule has 40 heavy (non-hydrogen) atoms. The average Bonchev–Trinajstić information content (AvgIpc) is 2.95. The summed E-state index contributed by atoms with van der Waals surface area (Å²) in [5.41, 5.74) is 2.83. The number of nitrogens with one attached hydrogen (secondary N) is 2. The Hall–Kier alpha value is -4.60. The summed E-state index contributed by atoms with van der Waals surface area (Å²) in [6, 6.07) is 26.8. The highest BCUT2D eigenvalue weighted by atomic mass is 32.2. The first-order valence-corrected chi connectivity index (χ1v) is 14.1. The van der Waals surface area contributed by atoms with E-state index < -0.39 is 21.7 Å². The highest BCUT2D eigenvalue weighted by Crippen LogP contribution is 2.26. The molecule has 5 rings (SSSR count). The fourth-order valence-corrected chi connectivity index (χ4v) is 5.60. The maximum absolute atomic E-state index is 13.3. The molecule has 2 N–H and O–H groups in total. The number of carbonyl (C=O) groups is 1. The predicted molar refractivity (Wildman–Crippen MR) is 154 cm³/mol. The van der Waals surface area contributed by atoms with E-state index in [0.717, 1.165) is 11.1 Å². The van der Waals surface area contributed by atoms with Crippen LogP contribution in [0.15, 0.2) is 111 Å². The van der Waals surface area contributed by atoms with Gasteiger partial charge in [0.25, 0.3) is 5.91 Å². The van der Waals surface area contributed by atoms with E-state index in [9.17, 15) is 18.0 Å². The second-order valence-corrected chi connectivity index (χ2v) is 11.2. The molecule has 0 aliphatic heterocycles. The van der Waals surface area contributed by atoms with Crippen molar-refractivity contribution in [2.24, 2.45) is 0 Å². The molecule has 1 atom stereocenters. The van der Waals surface area contributed by atoms with Crippen LogP contribution in [0.3, 0.4) is 0 Å². The number of nitrogens with zero attached hydrogens (tertiary/aromatic N) is 1. The van der Waals surface area contributed by atoms with Gasteiger partial charge in [-0.3, -0.25) is 4.79 Å². The summed E-state index contributed by atoms with van der Waals surface area (Å²) < 4.78 is 34.9. The summed E-state index contributed by atoms with van der Waals surface area (Å²) in [7, 11) is -3.96. The molecule has 5 aromatic rings.